The van der Waals surface area contributed by atoms with E-state index in [1.807, 2.05) is 11.9 Å². The number of piperidine rings is 1. The molecule has 0 aromatic heterocycles. The molecule has 4 rings (SSSR count). The third-order valence-electron chi connectivity index (χ3n) is 7.03. The molecule has 1 saturated heterocycles. The highest BCUT2D eigenvalue weighted by Crippen LogP contribution is 2.36. The van der Waals surface area contributed by atoms with E-state index in [1.54, 1.807) is 19.9 Å². The highest BCUT2D eigenvalue weighted by Gasteiger charge is 2.37. The van der Waals surface area contributed by atoms with Crippen molar-refractivity contribution in [3.05, 3.63) is 17.7 Å². The minimum atomic E-state index is -3.80. The maximum absolute atomic E-state index is 13.5. The van der Waals surface area contributed by atoms with Gasteiger partial charge in [-0.1, -0.05) is 19.3 Å². The van der Waals surface area contributed by atoms with Gasteiger partial charge in [0.2, 0.25) is 15.9 Å². The molecule has 8 nitrogen and oxygen atoms in total. The molecule has 0 unspecified atom stereocenters. The summed E-state index contributed by atoms with van der Waals surface area (Å²) in [6, 6.07) is 3.39. The number of ether oxygens (including phenoxy) is 1. The molecule has 0 spiro atoms. The number of sulfonamides is 1. The molecule has 1 aromatic rings. The first kappa shape index (κ1) is 23.0. The number of carbonyl (C=O) groups excluding carboxylic acids is 2. The van der Waals surface area contributed by atoms with Gasteiger partial charge < -0.3 is 15.0 Å². The van der Waals surface area contributed by atoms with Gasteiger partial charge in [0.15, 0.2) is 6.10 Å². The average Bonchev–Trinajstić information content (AvgIpc) is 2.79. The van der Waals surface area contributed by atoms with E-state index in [-0.39, 0.29) is 35.2 Å². The minimum absolute atomic E-state index is 0.0545. The molecular weight excluding hydrogens is 430 g/mol. The third kappa shape index (κ3) is 4.37. The summed E-state index contributed by atoms with van der Waals surface area (Å²) in [7, 11) is -1.94. The summed E-state index contributed by atoms with van der Waals surface area (Å²) >= 11 is 0. The molecule has 2 aliphatic heterocycles. The molecule has 1 N–H and O–H groups in total. The molecule has 1 aromatic carbocycles. The summed E-state index contributed by atoms with van der Waals surface area (Å²) in [6.45, 7) is 3.92. The SMILES string of the molecule is Cc1cc2c(cc1S(=O)(=O)N1CCC[C@@H](C(=O)N(C)C3CCCCC3)C1)O[C@H](C)C(=O)N2. The quantitative estimate of drug-likeness (QED) is 0.741. The summed E-state index contributed by atoms with van der Waals surface area (Å²) in [5.41, 5.74) is 1.01. The van der Waals surface area contributed by atoms with Crippen molar-refractivity contribution in [2.75, 3.05) is 25.5 Å². The molecular formula is C23H33N3O5S. The van der Waals surface area contributed by atoms with E-state index in [0.29, 0.717) is 36.4 Å². The van der Waals surface area contributed by atoms with Crippen molar-refractivity contribution in [3.8, 4) is 5.75 Å². The van der Waals surface area contributed by atoms with Crippen LogP contribution in [-0.2, 0) is 19.6 Å². The van der Waals surface area contributed by atoms with Gasteiger partial charge in [0.1, 0.15) is 5.75 Å². The Morgan fingerprint density at radius 1 is 1.16 bits per heavy atom. The van der Waals surface area contributed by atoms with Crippen molar-refractivity contribution in [1.82, 2.24) is 9.21 Å². The van der Waals surface area contributed by atoms with E-state index in [1.165, 1.54) is 16.8 Å². The first-order chi connectivity index (χ1) is 15.2. The Morgan fingerprint density at radius 2 is 1.88 bits per heavy atom. The lowest BCUT2D eigenvalue weighted by Crippen LogP contribution is -2.48. The standard InChI is InChI=1S/C23H33N3O5S/c1-15-12-19-20(31-16(2)22(27)24-19)13-21(15)32(29,30)26-11-7-8-17(14-26)23(28)25(3)18-9-5-4-6-10-18/h12-13,16-18H,4-11,14H2,1-3H3,(H,24,27)/t16-,17-/m1/s1. The average molecular weight is 464 g/mol. The fourth-order valence-electron chi connectivity index (χ4n) is 5.06. The molecule has 2 amide bonds. The second-order valence-electron chi connectivity index (χ2n) is 9.31. The number of benzene rings is 1. The lowest BCUT2D eigenvalue weighted by Gasteiger charge is -2.37. The summed E-state index contributed by atoms with van der Waals surface area (Å²) in [5, 5.41) is 2.75. The highest BCUT2D eigenvalue weighted by molar-refractivity contribution is 7.89. The first-order valence-corrected chi connectivity index (χ1v) is 13.0. The lowest BCUT2D eigenvalue weighted by molar-refractivity contribution is -0.138. The van der Waals surface area contributed by atoms with Gasteiger partial charge in [-0.15, -0.1) is 0 Å². The summed E-state index contributed by atoms with van der Waals surface area (Å²) in [6.07, 6.45) is 6.24. The van der Waals surface area contributed by atoms with Crippen LogP contribution in [0.3, 0.4) is 0 Å². The van der Waals surface area contributed by atoms with Crippen LogP contribution >= 0.6 is 0 Å². The van der Waals surface area contributed by atoms with Gasteiger partial charge in [-0.2, -0.15) is 4.31 Å². The number of nitrogens with one attached hydrogen (secondary N) is 1. The maximum Gasteiger partial charge on any atom is 0.265 e. The Morgan fingerprint density at radius 3 is 2.59 bits per heavy atom. The van der Waals surface area contributed by atoms with Gasteiger partial charge >= 0.3 is 0 Å². The number of rotatable bonds is 4. The number of hydrogen-bond donors (Lipinski definition) is 1. The number of carbonyl (C=O) groups is 2. The van der Waals surface area contributed by atoms with E-state index in [2.05, 4.69) is 5.32 Å². The predicted molar refractivity (Wildman–Crippen MR) is 121 cm³/mol. The third-order valence-corrected chi connectivity index (χ3v) is 9.04. The Bertz CT molecular complexity index is 1000. The van der Waals surface area contributed by atoms with E-state index < -0.39 is 16.1 Å². The molecule has 176 valence electrons. The van der Waals surface area contributed by atoms with Crippen LogP contribution in [0.25, 0.3) is 0 Å². The molecule has 3 aliphatic rings. The zero-order valence-corrected chi connectivity index (χ0v) is 19.9. The molecule has 2 heterocycles. The van der Waals surface area contributed by atoms with Crippen molar-refractivity contribution in [1.29, 1.82) is 0 Å². The number of hydrogen-bond acceptors (Lipinski definition) is 5. The normalized spacial score (nSPS) is 24.9. The molecule has 1 saturated carbocycles. The van der Waals surface area contributed by atoms with Crippen LogP contribution in [0, 0.1) is 12.8 Å². The second kappa shape index (κ2) is 9.02. The van der Waals surface area contributed by atoms with E-state index in [4.69, 9.17) is 4.74 Å². The molecule has 1 aliphatic carbocycles. The van der Waals surface area contributed by atoms with Gasteiger partial charge in [-0.25, -0.2) is 8.42 Å². The van der Waals surface area contributed by atoms with Gasteiger partial charge in [-0.3, -0.25) is 9.59 Å². The molecule has 0 radical (unpaired) electrons. The number of fused-ring (bicyclic) bond motifs is 1. The lowest BCUT2D eigenvalue weighted by atomic mass is 9.92. The number of anilines is 1. The maximum atomic E-state index is 13.5. The molecule has 9 heteroatoms. The topological polar surface area (TPSA) is 96.0 Å². The Hall–Kier alpha value is -2.13. The Labute approximate surface area is 190 Å². The van der Waals surface area contributed by atoms with E-state index in [0.717, 1.165) is 25.7 Å². The Balaban J connectivity index is 1.53. The van der Waals surface area contributed by atoms with E-state index >= 15 is 0 Å². The first-order valence-electron chi connectivity index (χ1n) is 11.6. The Kier molecular flexibility index (Phi) is 6.49. The van der Waals surface area contributed by atoms with Crippen LogP contribution in [-0.4, -0.2) is 61.7 Å². The van der Waals surface area contributed by atoms with Crippen molar-refractivity contribution in [2.24, 2.45) is 5.92 Å². The molecule has 0 bridgehead atoms. The van der Waals surface area contributed by atoms with Gasteiger partial charge in [0.05, 0.1) is 16.5 Å². The summed E-state index contributed by atoms with van der Waals surface area (Å²) < 4.78 is 34.1. The van der Waals surface area contributed by atoms with Crippen LogP contribution in [0.4, 0.5) is 5.69 Å². The molecule has 2 atom stereocenters. The number of amides is 2. The minimum Gasteiger partial charge on any atom is -0.479 e. The van der Waals surface area contributed by atoms with Crippen LogP contribution < -0.4 is 10.1 Å². The van der Waals surface area contributed by atoms with Gasteiger partial charge in [-0.05, 0) is 51.2 Å². The molecule has 2 fully saturated rings. The second-order valence-corrected chi connectivity index (χ2v) is 11.2. The summed E-state index contributed by atoms with van der Waals surface area (Å²) in [5.74, 6) is -0.173. The zero-order valence-electron chi connectivity index (χ0n) is 19.1. The van der Waals surface area contributed by atoms with Crippen molar-refractivity contribution >= 4 is 27.5 Å². The number of nitrogens with zero attached hydrogens (tertiary/aromatic N) is 2. The van der Waals surface area contributed by atoms with Gasteiger partial charge in [0.25, 0.3) is 5.91 Å². The number of aryl methyl sites for hydroxylation is 1. The predicted octanol–water partition coefficient (Wildman–Crippen LogP) is 2.91. The van der Waals surface area contributed by atoms with Gasteiger partial charge in [0, 0.05) is 32.2 Å². The smallest absolute Gasteiger partial charge is 0.265 e. The van der Waals surface area contributed by atoms with Crippen LogP contribution in [0.5, 0.6) is 5.75 Å². The highest BCUT2D eigenvalue weighted by atomic mass is 32.2. The summed E-state index contributed by atoms with van der Waals surface area (Å²) in [4.78, 5) is 27.1. The van der Waals surface area contributed by atoms with Crippen LogP contribution in [0.15, 0.2) is 17.0 Å². The fourth-order valence-corrected chi connectivity index (χ4v) is 6.80. The van der Waals surface area contributed by atoms with Crippen LogP contribution in [0.1, 0.15) is 57.4 Å². The monoisotopic (exact) mass is 463 g/mol. The van der Waals surface area contributed by atoms with Crippen molar-refractivity contribution in [3.63, 3.8) is 0 Å². The molecule has 32 heavy (non-hydrogen) atoms. The fraction of sp³-hybridized carbons (Fsp3) is 0.652. The van der Waals surface area contributed by atoms with Crippen molar-refractivity contribution < 1.29 is 22.7 Å². The largest absolute Gasteiger partial charge is 0.479 e. The van der Waals surface area contributed by atoms with E-state index in [9.17, 15) is 18.0 Å². The zero-order chi connectivity index (χ0) is 23.0. The van der Waals surface area contributed by atoms with Crippen molar-refractivity contribution in [2.45, 2.75) is 75.8 Å². The van der Waals surface area contributed by atoms with Crippen LogP contribution in [0.2, 0.25) is 0 Å².